The first-order valence-corrected chi connectivity index (χ1v) is 7.12. The highest BCUT2D eigenvalue weighted by Gasteiger charge is 2.34. The van der Waals surface area contributed by atoms with Crippen molar-refractivity contribution in [3.05, 3.63) is 34.3 Å². The lowest BCUT2D eigenvalue weighted by Gasteiger charge is -2.35. The van der Waals surface area contributed by atoms with E-state index in [-0.39, 0.29) is 11.1 Å². The highest BCUT2D eigenvalue weighted by Crippen LogP contribution is 2.37. The fraction of sp³-hybridized carbons (Fsp3) is 0.571. The highest BCUT2D eigenvalue weighted by molar-refractivity contribution is 6.31. The van der Waals surface area contributed by atoms with E-state index in [0.29, 0.717) is 5.56 Å². The standard InChI is InChI=1S/C14H18ClF3N2/c1-2-13(20-7-5-19-6-8-20)10-3-4-12(15)11(9-10)14(16,17)18/h3-4,9,13,19H,2,5-8H2,1H3/t13-/m0/s1. The van der Waals surface area contributed by atoms with Gasteiger partial charge in [-0.2, -0.15) is 13.2 Å². The second-order valence-corrected chi connectivity index (χ2v) is 5.35. The fourth-order valence-electron chi connectivity index (χ4n) is 2.67. The lowest BCUT2D eigenvalue weighted by molar-refractivity contribution is -0.137. The molecule has 1 aromatic carbocycles. The molecule has 0 unspecified atom stereocenters. The maximum atomic E-state index is 12.9. The molecule has 0 spiro atoms. The van der Waals surface area contributed by atoms with Gasteiger partial charge in [0.1, 0.15) is 0 Å². The highest BCUT2D eigenvalue weighted by atomic mass is 35.5. The number of hydrogen-bond acceptors (Lipinski definition) is 2. The Labute approximate surface area is 121 Å². The summed E-state index contributed by atoms with van der Waals surface area (Å²) in [7, 11) is 0. The van der Waals surface area contributed by atoms with Gasteiger partial charge in [-0.3, -0.25) is 4.90 Å². The quantitative estimate of drug-likeness (QED) is 0.915. The van der Waals surface area contributed by atoms with Crippen LogP contribution in [0.25, 0.3) is 0 Å². The van der Waals surface area contributed by atoms with Crippen LogP contribution < -0.4 is 5.32 Å². The second-order valence-electron chi connectivity index (χ2n) is 4.95. The second kappa shape index (κ2) is 6.33. The van der Waals surface area contributed by atoms with Crippen LogP contribution in [0.5, 0.6) is 0 Å². The minimum absolute atomic E-state index is 0.00969. The Morgan fingerprint density at radius 3 is 2.50 bits per heavy atom. The molecular weight excluding hydrogens is 289 g/mol. The van der Waals surface area contributed by atoms with Crippen molar-refractivity contribution >= 4 is 11.6 Å². The van der Waals surface area contributed by atoms with E-state index in [1.807, 2.05) is 6.92 Å². The van der Waals surface area contributed by atoms with Crippen LogP contribution in [0.4, 0.5) is 13.2 Å². The van der Waals surface area contributed by atoms with Crippen LogP contribution in [0.1, 0.15) is 30.5 Å². The van der Waals surface area contributed by atoms with Crippen LogP contribution in [0.3, 0.4) is 0 Å². The third kappa shape index (κ3) is 3.45. The first-order valence-electron chi connectivity index (χ1n) is 6.75. The molecule has 1 N–H and O–H groups in total. The van der Waals surface area contributed by atoms with Crippen LogP contribution in [0.15, 0.2) is 18.2 Å². The molecule has 6 heteroatoms. The van der Waals surface area contributed by atoms with Crippen LogP contribution in [-0.4, -0.2) is 31.1 Å². The zero-order chi connectivity index (χ0) is 14.8. The minimum Gasteiger partial charge on any atom is -0.314 e. The van der Waals surface area contributed by atoms with Crippen LogP contribution in [0.2, 0.25) is 5.02 Å². The van der Waals surface area contributed by atoms with E-state index in [4.69, 9.17) is 11.6 Å². The number of nitrogens with zero attached hydrogens (tertiary/aromatic N) is 1. The van der Waals surface area contributed by atoms with Crippen molar-refractivity contribution in [2.24, 2.45) is 0 Å². The van der Waals surface area contributed by atoms with Crippen LogP contribution in [-0.2, 0) is 6.18 Å². The molecule has 1 aliphatic heterocycles. The number of alkyl halides is 3. The predicted molar refractivity (Wildman–Crippen MR) is 73.9 cm³/mol. The molecule has 0 bridgehead atoms. The molecule has 0 aromatic heterocycles. The molecule has 0 radical (unpaired) electrons. The van der Waals surface area contributed by atoms with E-state index in [9.17, 15) is 13.2 Å². The summed E-state index contributed by atoms with van der Waals surface area (Å²) in [5.41, 5.74) is -0.0589. The van der Waals surface area contributed by atoms with Gasteiger partial charge in [-0.1, -0.05) is 24.6 Å². The van der Waals surface area contributed by atoms with Gasteiger partial charge in [0.2, 0.25) is 0 Å². The van der Waals surface area contributed by atoms with Crippen molar-refractivity contribution < 1.29 is 13.2 Å². The molecule has 112 valence electrons. The van der Waals surface area contributed by atoms with Gasteiger partial charge in [-0.05, 0) is 24.1 Å². The largest absolute Gasteiger partial charge is 0.417 e. The normalized spacial score (nSPS) is 19.1. The average molecular weight is 307 g/mol. The maximum Gasteiger partial charge on any atom is 0.417 e. The van der Waals surface area contributed by atoms with Crippen molar-refractivity contribution in [3.8, 4) is 0 Å². The van der Waals surface area contributed by atoms with Crippen molar-refractivity contribution in [2.75, 3.05) is 26.2 Å². The van der Waals surface area contributed by atoms with Gasteiger partial charge >= 0.3 is 6.18 Å². The van der Waals surface area contributed by atoms with Gasteiger partial charge in [0, 0.05) is 32.2 Å². The molecule has 20 heavy (non-hydrogen) atoms. The molecule has 2 nitrogen and oxygen atoms in total. The molecule has 1 heterocycles. The van der Waals surface area contributed by atoms with E-state index in [2.05, 4.69) is 10.2 Å². The number of benzene rings is 1. The Balaban J connectivity index is 2.30. The Bertz CT molecular complexity index is 456. The van der Waals surface area contributed by atoms with Gasteiger partial charge < -0.3 is 5.32 Å². The summed E-state index contributed by atoms with van der Waals surface area (Å²) in [6.45, 7) is 5.44. The number of hydrogen-bond donors (Lipinski definition) is 1. The third-order valence-corrected chi connectivity index (χ3v) is 3.99. The summed E-state index contributed by atoms with van der Waals surface area (Å²) in [5.74, 6) is 0. The molecule has 1 atom stereocenters. The molecule has 1 fully saturated rings. The van der Waals surface area contributed by atoms with E-state index in [1.165, 1.54) is 12.1 Å². The minimum atomic E-state index is -4.41. The van der Waals surface area contributed by atoms with Crippen molar-refractivity contribution in [3.63, 3.8) is 0 Å². The molecule has 1 aromatic rings. The number of nitrogens with one attached hydrogen (secondary N) is 1. The summed E-state index contributed by atoms with van der Waals surface area (Å²) in [4.78, 5) is 2.22. The molecule has 1 saturated heterocycles. The SMILES string of the molecule is CC[C@@H](c1ccc(Cl)c(C(F)(F)F)c1)N1CCNCC1. The molecule has 0 aliphatic carbocycles. The van der Waals surface area contributed by atoms with Gasteiger partial charge in [0.15, 0.2) is 0 Å². The number of halogens is 4. The molecule has 2 rings (SSSR count). The lowest BCUT2D eigenvalue weighted by atomic mass is 9.99. The summed E-state index contributed by atoms with van der Waals surface area (Å²) in [5, 5.41) is 3.01. The van der Waals surface area contributed by atoms with Gasteiger partial charge in [0.25, 0.3) is 0 Å². The van der Waals surface area contributed by atoms with Gasteiger partial charge in [-0.25, -0.2) is 0 Å². The topological polar surface area (TPSA) is 15.3 Å². The Morgan fingerprint density at radius 1 is 1.30 bits per heavy atom. The Morgan fingerprint density at radius 2 is 1.95 bits per heavy atom. The summed E-state index contributed by atoms with van der Waals surface area (Å²) in [6, 6.07) is 4.26. The summed E-state index contributed by atoms with van der Waals surface area (Å²) < 4.78 is 38.8. The first-order chi connectivity index (χ1) is 9.43. The molecule has 0 amide bonds. The first kappa shape index (κ1) is 15.6. The Hall–Kier alpha value is -0.780. The fourth-order valence-corrected chi connectivity index (χ4v) is 2.89. The van der Waals surface area contributed by atoms with Crippen molar-refractivity contribution in [1.29, 1.82) is 0 Å². The third-order valence-electron chi connectivity index (χ3n) is 3.66. The average Bonchev–Trinajstić information content (AvgIpc) is 2.41. The Kier molecular flexibility index (Phi) is 4.94. The maximum absolute atomic E-state index is 12.9. The van der Waals surface area contributed by atoms with Crippen LogP contribution >= 0.6 is 11.6 Å². The number of piperazine rings is 1. The van der Waals surface area contributed by atoms with Crippen LogP contribution in [0, 0.1) is 0 Å². The zero-order valence-electron chi connectivity index (χ0n) is 11.3. The zero-order valence-corrected chi connectivity index (χ0v) is 12.1. The number of rotatable bonds is 3. The van der Waals surface area contributed by atoms with E-state index < -0.39 is 11.7 Å². The van der Waals surface area contributed by atoms with E-state index in [1.54, 1.807) is 6.07 Å². The monoisotopic (exact) mass is 306 g/mol. The van der Waals surface area contributed by atoms with E-state index in [0.717, 1.165) is 32.6 Å². The van der Waals surface area contributed by atoms with Gasteiger partial charge in [0.05, 0.1) is 10.6 Å². The predicted octanol–water partition coefficient (Wildman–Crippen LogP) is 3.72. The molecule has 1 aliphatic rings. The molecular formula is C14H18ClF3N2. The van der Waals surface area contributed by atoms with Gasteiger partial charge in [-0.15, -0.1) is 0 Å². The smallest absolute Gasteiger partial charge is 0.314 e. The van der Waals surface area contributed by atoms with Crippen molar-refractivity contribution in [1.82, 2.24) is 10.2 Å². The summed E-state index contributed by atoms with van der Waals surface area (Å²) >= 11 is 5.67. The lowest BCUT2D eigenvalue weighted by Crippen LogP contribution is -2.45. The summed E-state index contributed by atoms with van der Waals surface area (Å²) in [6.07, 6.45) is -3.63. The van der Waals surface area contributed by atoms with E-state index >= 15 is 0 Å². The molecule has 0 saturated carbocycles. The van der Waals surface area contributed by atoms with Crippen molar-refractivity contribution in [2.45, 2.75) is 25.6 Å².